The molecule has 0 aliphatic carbocycles. The van der Waals surface area contributed by atoms with Crippen molar-refractivity contribution in [2.45, 2.75) is 69.7 Å². The lowest BCUT2D eigenvalue weighted by atomic mass is 9.80. The zero-order chi connectivity index (χ0) is 19.1. The Kier molecular flexibility index (Phi) is 4.82. The van der Waals surface area contributed by atoms with E-state index in [4.69, 9.17) is 14.2 Å². The number of benzene rings is 1. The van der Waals surface area contributed by atoms with Crippen molar-refractivity contribution < 1.29 is 24.1 Å². The topological polar surface area (TPSA) is 68.2 Å². The van der Waals surface area contributed by atoms with Gasteiger partial charge in [0.05, 0.1) is 19.8 Å². The summed E-state index contributed by atoms with van der Waals surface area (Å²) in [6.07, 6.45) is 2.39. The largest absolute Gasteiger partial charge is 0.497 e. The van der Waals surface area contributed by atoms with Crippen LogP contribution in [-0.4, -0.2) is 48.0 Å². The first kappa shape index (κ1) is 18.8. The Balaban J connectivity index is 1.87. The Labute approximate surface area is 155 Å². The molecule has 0 saturated carbocycles. The van der Waals surface area contributed by atoms with Gasteiger partial charge in [-0.05, 0) is 51.8 Å². The summed E-state index contributed by atoms with van der Waals surface area (Å²) < 4.78 is 16.4. The fourth-order valence-electron chi connectivity index (χ4n) is 4.24. The molecule has 2 unspecified atom stereocenters. The summed E-state index contributed by atoms with van der Waals surface area (Å²) in [6.45, 7) is 5.61. The van der Waals surface area contributed by atoms with E-state index in [1.54, 1.807) is 14.2 Å². The van der Waals surface area contributed by atoms with Crippen LogP contribution in [-0.2, 0) is 10.3 Å². The number of carbonyl (C=O) groups excluding carboxylic acids is 1. The summed E-state index contributed by atoms with van der Waals surface area (Å²) in [6, 6.07) is 5.39. The van der Waals surface area contributed by atoms with Gasteiger partial charge in [0, 0.05) is 30.5 Å². The highest BCUT2D eigenvalue weighted by Crippen LogP contribution is 2.48. The first-order valence-corrected chi connectivity index (χ1v) is 9.13. The average molecular weight is 363 g/mol. The van der Waals surface area contributed by atoms with Crippen LogP contribution in [0.25, 0.3) is 0 Å². The average Bonchev–Trinajstić information content (AvgIpc) is 2.85. The monoisotopic (exact) mass is 363 g/mol. The van der Waals surface area contributed by atoms with Crippen molar-refractivity contribution in [3.05, 3.63) is 23.8 Å². The first-order chi connectivity index (χ1) is 12.2. The van der Waals surface area contributed by atoms with Crippen molar-refractivity contribution >= 4 is 6.09 Å². The van der Waals surface area contributed by atoms with Gasteiger partial charge in [0.25, 0.3) is 0 Å². The number of amides is 1. The number of nitrogens with zero attached hydrogens (tertiary/aromatic N) is 1. The Hall–Kier alpha value is -1.95. The molecule has 2 aliphatic rings. The number of methoxy groups -OCH3 is 2. The Bertz CT molecular complexity index is 667. The third-order valence-electron chi connectivity index (χ3n) is 5.28. The highest BCUT2D eigenvalue weighted by molar-refractivity contribution is 5.70. The molecule has 2 aliphatic heterocycles. The lowest BCUT2D eigenvalue weighted by molar-refractivity contribution is -0.0634. The molecule has 2 fully saturated rings. The van der Waals surface area contributed by atoms with E-state index in [1.165, 1.54) is 0 Å². The van der Waals surface area contributed by atoms with Crippen molar-refractivity contribution in [3.8, 4) is 11.5 Å². The molecule has 2 saturated heterocycles. The predicted molar refractivity (Wildman–Crippen MR) is 97.6 cm³/mol. The molecule has 1 aromatic rings. The van der Waals surface area contributed by atoms with Gasteiger partial charge in [-0.3, -0.25) is 0 Å². The number of ether oxygens (including phenoxy) is 3. The molecule has 3 rings (SSSR count). The maximum atomic E-state index is 12.6. The SMILES string of the molecule is COc1ccc(OC)c(C2(O)CC3CCC(C2)N3C(=O)OC(C)(C)C)c1. The number of hydrogen-bond acceptors (Lipinski definition) is 5. The van der Waals surface area contributed by atoms with E-state index in [1.807, 2.05) is 43.9 Å². The second kappa shape index (κ2) is 6.65. The fraction of sp³-hybridized carbons (Fsp3) is 0.650. The zero-order valence-electron chi connectivity index (χ0n) is 16.2. The summed E-state index contributed by atoms with van der Waals surface area (Å²) in [7, 11) is 3.20. The smallest absolute Gasteiger partial charge is 0.410 e. The van der Waals surface area contributed by atoms with Gasteiger partial charge in [0.2, 0.25) is 0 Å². The van der Waals surface area contributed by atoms with Crippen LogP contribution >= 0.6 is 0 Å². The normalized spacial score (nSPS) is 28.0. The van der Waals surface area contributed by atoms with Gasteiger partial charge in [0.1, 0.15) is 17.1 Å². The standard InChI is InChI=1S/C20H29NO5/c1-19(2,3)26-18(22)21-13-6-7-14(21)12-20(23,11-13)16-10-15(24-4)8-9-17(16)25-5/h8-10,13-14,23H,6-7,11-12H2,1-5H3. The lowest BCUT2D eigenvalue weighted by Crippen LogP contribution is -2.53. The molecule has 2 bridgehead atoms. The third kappa shape index (κ3) is 3.47. The number of aliphatic hydroxyl groups is 1. The summed E-state index contributed by atoms with van der Waals surface area (Å²) in [5.74, 6) is 1.31. The van der Waals surface area contributed by atoms with Crippen LogP contribution in [0.2, 0.25) is 0 Å². The number of rotatable bonds is 3. The molecule has 0 radical (unpaired) electrons. The molecule has 1 N–H and O–H groups in total. The van der Waals surface area contributed by atoms with E-state index < -0.39 is 11.2 Å². The second-order valence-electron chi connectivity index (χ2n) is 8.28. The molecule has 6 nitrogen and oxygen atoms in total. The first-order valence-electron chi connectivity index (χ1n) is 9.13. The van der Waals surface area contributed by atoms with E-state index in [9.17, 15) is 9.90 Å². The van der Waals surface area contributed by atoms with Crippen molar-refractivity contribution in [2.24, 2.45) is 0 Å². The highest BCUT2D eigenvalue weighted by atomic mass is 16.6. The van der Waals surface area contributed by atoms with E-state index >= 15 is 0 Å². The minimum absolute atomic E-state index is 0.0375. The Morgan fingerprint density at radius 3 is 2.27 bits per heavy atom. The van der Waals surface area contributed by atoms with Gasteiger partial charge in [-0.2, -0.15) is 0 Å². The second-order valence-corrected chi connectivity index (χ2v) is 8.28. The van der Waals surface area contributed by atoms with Gasteiger partial charge >= 0.3 is 6.09 Å². The summed E-state index contributed by atoms with van der Waals surface area (Å²) in [4.78, 5) is 14.4. The number of piperidine rings is 1. The molecule has 2 atom stereocenters. The highest BCUT2D eigenvalue weighted by Gasteiger charge is 2.51. The van der Waals surface area contributed by atoms with E-state index in [0.29, 0.717) is 24.3 Å². The van der Waals surface area contributed by atoms with Gasteiger partial charge in [0.15, 0.2) is 0 Å². The zero-order valence-corrected chi connectivity index (χ0v) is 16.2. The summed E-state index contributed by atoms with van der Waals surface area (Å²) in [5.41, 5.74) is -0.857. The molecule has 0 aromatic heterocycles. The van der Waals surface area contributed by atoms with Gasteiger partial charge < -0.3 is 24.2 Å². The number of carbonyl (C=O) groups is 1. The van der Waals surface area contributed by atoms with E-state index in [-0.39, 0.29) is 18.2 Å². The van der Waals surface area contributed by atoms with Crippen LogP contribution in [0.15, 0.2) is 18.2 Å². The Morgan fingerprint density at radius 1 is 1.15 bits per heavy atom. The molecule has 2 heterocycles. The van der Waals surface area contributed by atoms with Crippen LogP contribution < -0.4 is 9.47 Å². The Morgan fingerprint density at radius 2 is 1.77 bits per heavy atom. The van der Waals surface area contributed by atoms with Gasteiger partial charge in [-0.25, -0.2) is 4.79 Å². The molecular formula is C20H29NO5. The quantitative estimate of drug-likeness (QED) is 0.891. The van der Waals surface area contributed by atoms with Crippen LogP contribution in [0.3, 0.4) is 0 Å². The molecule has 6 heteroatoms. The van der Waals surface area contributed by atoms with Gasteiger partial charge in [-0.1, -0.05) is 0 Å². The molecule has 1 amide bonds. The molecular weight excluding hydrogens is 334 g/mol. The van der Waals surface area contributed by atoms with Gasteiger partial charge in [-0.15, -0.1) is 0 Å². The van der Waals surface area contributed by atoms with Crippen LogP contribution in [0.5, 0.6) is 11.5 Å². The minimum Gasteiger partial charge on any atom is -0.497 e. The minimum atomic E-state index is -1.05. The summed E-state index contributed by atoms with van der Waals surface area (Å²) >= 11 is 0. The van der Waals surface area contributed by atoms with Crippen molar-refractivity contribution in [1.82, 2.24) is 4.90 Å². The van der Waals surface area contributed by atoms with E-state index in [2.05, 4.69) is 0 Å². The lowest BCUT2D eigenvalue weighted by Gasteiger charge is -2.44. The van der Waals surface area contributed by atoms with Crippen LogP contribution in [0.1, 0.15) is 52.0 Å². The predicted octanol–water partition coefficient (Wildman–Crippen LogP) is 3.45. The summed E-state index contributed by atoms with van der Waals surface area (Å²) in [5, 5.41) is 11.5. The van der Waals surface area contributed by atoms with Crippen LogP contribution in [0.4, 0.5) is 4.79 Å². The third-order valence-corrected chi connectivity index (χ3v) is 5.28. The molecule has 0 spiro atoms. The van der Waals surface area contributed by atoms with Crippen molar-refractivity contribution in [3.63, 3.8) is 0 Å². The van der Waals surface area contributed by atoms with Crippen molar-refractivity contribution in [2.75, 3.05) is 14.2 Å². The van der Waals surface area contributed by atoms with Crippen molar-refractivity contribution in [1.29, 1.82) is 0 Å². The fourth-order valence-corrected chi connectivity index (χ4v) is 4.24. The molecule has 26 heavy (non-hydrogen) atoms. The van der Waals surface area contributed by atoms with Crippen LogP contribution in [0, 0.1) is 0 Å². The number of hydrogen-bond donors (Lipinski definition) is 1. The molecule has 144 valence electrons. The molecule has 1 aromatic carbocycles. The maximum Gasteiger partial charge on any atom is 0.410 e. The number of fused-ring (bicyclic) bond motifs is 2. The van der Waals surface area contributed by atoms with E-state index in [0.717, 1.165) is 18.4 Å². The maximum absolute atomic E-state index is 12.6.